The maximum atomic E-state index is 10.8. The van der Waals surface area contributed by atoms with Gasteiger partial charge in [-0.1, -0.05) is 24.8 Å². The lowest BCUT2D eigenvalue weighted by Crippen LogP contribution is -2.26. The number of carbonyl (C=O) groups excluding carboxylic acids is 1. The first kappa shape index (κ1) is 10.3. The highest BCUT2D eigenvalue weighted by molar-refractivity contribution is 5.86. The fourth-order valence-electron chi connectivity index (χ4n) is 1.02. The summed E-state index contributed by atoms with van der Waals surface area (Å²) >= 11 is 0. The molecule has 1 aromatic rings. The van der Waals surface area contributed by atoms with E-state index in [9.17, 15) is 4.79 Å². The quantitative estimate of drug-likeness (QED) is 0.544. The van der Waals surface area contributed by atoms with Crippen LogP contribution in [0.3, 0.4) is 0 Å². The summed E-state index contributed by atoms with van der Waals surface area (Å²) in [5.41, 5.74) is 1.06. The molecule has 0 fully saturated rings. The predicted octanol–water partition coefficient (Wildman–Crippen LogP) is 1.40. The number of hydrogen-bond donors (Lipinski definition) is 2. The predicted molar refractivity (Wildman–Crippen MR) is 58.1 cm³/mol. The smallest absolute Gasteiger partial charge is 0.243 e. The van der Waals surface area contributed by atoms with Gasteiger partial charge in [0.05, 0.1) is 0 Å². The Morgan fingerprint density at radius 3 is 2.64 bits per heavy atom. The van der Waals surface area contributed by atoms with Crippen LogP contribution >= 0.6 is 0 Å². The van der Waals surface area contributed by atoms with Crippen molar-refractivity contribution in [3.8, 4) is 0 Å². The van der Waals surface area contributed by atoms with Gasteiger partial charge in [-0.3, -0.25) is 4.79 Å². The fourth-order valence-corrected chi connectivity index (χ4v) is 1.02. The molecule has 3 heteroatoms. The Labute approximate surface area is 83.8 Å². The molecular weight excluding hydrogens is 176 g/mol. The van der Waals surface area contributed by atoms with E-state index in [1.165, 1.54) is 6.08 Å². The highest BCUT2D eigenvalue weighted by Crippen LogP contribution is 2.03. The first-order chi connectivity index (χ1) is 6.83. The molecule has 3 nitrogen and oxygen atoms in total. The Morgan fingerprint density at radius 2 is 2.00 bits per heavy atom. The molecule has 1 rings (SSSR count). The van der Waals surface area contributed by atoms with Crippen LogP contribution in [-0.4, -0.2) is 19.0 Å². The van der Waals surface area contributed by atoms with Crippen LogP contribution in [0.2, 0.25) is 0 Å². The Balaban J connectivity index is 2.16. The Morgan fingerprint density at radius 1 is 1.29 bits per heavy atom. The number of rotatable bonds is 5. The number of anilines is 1. The van der Waals surface area contributed by atoms with E-state index in [1.807, 2.05) is 30.3 Å². The number of nitrogens with one attached hydrogen (secondary N) is 2. The van der Waals surface area contributed by atoms with Crippen molar-refractivity contribution in [3.63, 3.8) is 0 Å². The van der Waals surface area contributed by atoms with E-state index in [2.05, 4.69) is 17.2 Å². The van der Waals surface area contributed by atoms with Crippen molar-refractivity contribution in [2.45, 2.75) is 0 Å². The van der Waals surface area contributed by atoms with Crippen LogP contribution in [0.1, 0.15) is 0 Å². The summed E-state index contributed by atoms with van der Waals surface area (Å²) in [5.74, 6) is -0.139. The monoisotopic (exact) mass is 190 g/mol. The summed E-state index contributed by atoms with van der Waals surface area (Å²) in [6, 6.07) is 9.85. The molecule has 0 heterocycles. The third-order valence-electron chi connectivity index (χ3n) is 1.71. The molecule has 0 atom stereocenters. The van der Waals surface area contributed by atoms with E-state index in [0.717, 1.165) is 5.69 Å². The molecule has 0 spiro atoms. The molecule has 0 saturated heterocycles. The van der Waals surface area contributed by atoms with Crippen molar-refractivity contribution in [1.82, 2.24) is 5.32 Å². The Bertz CT molecular complexity index is 295. The summed E-state index contributed by atoms with van der Waals surface area (Å²) in [6.07, 6.45) is 1.27. The van der Waals surface area contributed by atoms with Crippen molar-refractivity contribution in [2.75, 3.05) is 18.4 Å². The van der Waals surface area contributed by atoms with E-state index in [-0.39, 0.29) is 5.91 Å². The zero-order valence-electron chi connectivity index (χ0n) is 7.99. The maximum absolute atomic E-state index is 10.8. The van der Waals surface area contributed by atoms with Gasteiger partial charge in [-0.2, -0.15) is 0 Å². The summed E-state index contributed by atoms with van der Waals surface area (Å²) in [5, 5.41) is 5.86. The molecule has 0 saturated carbocycles. The van der Waals surface area contributed by atoms with Gasteiger partial charge in [0.15, 0.2) is 0 Å². The minimum absolute atomic E-state index is 0.139. The lowest BCUT2D eigenvalue weighted by Gasteiger charge is -2.05. The molecule has 0 bridgehead atoms. The summed E-state index contributed by atoms with van der Waals surface area (Å²) < 4.78 is 0. The van der Waals surface area contributed by atoms with E-state index in [4.69, 9.17) is 0 Å². The number of carbonyl (C=O) groups is 1. The fraction of sp³-hybridized carbons (Fsp3) is 0.182. The van der Waals surface area contributed by atoms with Gasteiger partial charge in [0, 0.05) is 18.8 Å². The highest BCUT2D eigenvalue weighted by atomic mass is 16.1. The van der Waals surface area contributed by atoms with Crippen molar-refractivity contribution >= 4 is 11.6 Å². The molecule has 1 aromatic carbocycles. The normalized spacial score (nSPS) is 9.14. The van der Waals surface area contributed by atoms with Crippen molar-refractivity contribution in [3.05, 3.63) is 43.0 Å². The summed E-state index contributed by atoms with van der Waals surface area (Å²) in [6.45, 7) is 4.67. The van der Waals surface area contributed by atoms with Crippen LogP contribution in [0, 0.1) is 0 Å². The van der Waals surface area contributed by atoms with E-state index in [1.54, 1.807) is 0 Å². The van der Waals surface area contributed by atoms with Gasteiger partial charge in [0.1, 0.15) is 0 Å². The summed E-state index contributed by atoms with van der Waals surface area (Å²) in [4.78, 5) is 10.8. The second kappa shape index (κ2) is 5.80. The van der Waals surface area contributed by atoms with Gasteiger partial charge < -0.3 is 10.6 Å². The van der Waals surface area contributed by atoms with E-state index >= 15 is 0 Å². The molecule has 74 valence electrons. The maximum Gasteiger partial charge on any atom is 0.243 e. The third-order valence-corrected chi connectivity index (χ3v) is 1.71. The second-order valence-electron chi connectivity index (χ2n) is 2.79. The van der Waals surface area contributed by atoms with Gasteiger partial charge in [0.2, 0.25) is 5.91 Å². The molecule has 0 aliphatic heterocycles. The van der Waals surface area contributed by atoms with Crippen LogP contribution in [0.15, 0.2) is 43.0 Å². The van der Waals surface area contributed by atoms with E-state index < -0.39 is 0 Å². The standard InChI is InChI=1S/C11H14N2O/c1-2-11(14)13-9-8-12-10-6-4-3-5-7-10/h2-7,12H,1,8-9H2,(H,13,14). The molecule has 0 aromatic heterocycles. The minimum Gasteiger partial charge on any atom is -0.383 e. The van der Waals surface area contributed by atoms with Crippen LogP contribution in [0.25, 0.3) is 0 Å². The first-order valence-corrected chi connectivity index (χ1v) is 4.52. The van der Waals surface area contributed by atoms with Crippen molar-refractivity contribution in [2.24, 2.45) is 0 Å². The Hall–Kier alpha value is -1.77. The average molecular weight is 190 g/mol. The van der Waals surface area contributed by atoms with Gasteiger partial charge in [-0.25, -0.2) is 0 Å². The van der Waals surface area contributed by atoms with Crippen LogP contribution in [0.5, 0.6) is 0 Å². The second-order valence-corrected chi connectivity index (χ2v) is 2.79. The molecule has 0 radical (unpaired) electrons. The average Bonchev–Trinajstić information content (AvgIpc) is 2.25. The van der Waals surface area contributed by atoms with Crippen LogP contribution in [0.4, 0.5) is 5.69 Å². The minimum atomic E-state index is -0.139. The lowest BCUT2D eigenvalue weighted by atomic mass is 10.3. The highest BCUT2D eigenvalue weighted by Gasteiger charge is 1.92. The molecule has 1 amide bonds. The molecule has 0 aliphatic rings. The Kier molecular flexibility index (Phi) is 4.27. The van der Waals surface area contributed by atoms with Crippen molar-refractivity contribution in [1.29, 1.82) is 0 Å². The molecule has 14 heavy (non-hydrogen) atoms. The van der Waals surface area contributed by atoms with Crippen LogP contribution < -0.4 is 10.6 Å². The largest absolute Gasteiger partial charge is 0.383 e. The van der Waals surface area contributed by atoms with Gasteiger partial charge in [0.25, 0.3) is 0 Å². The SMILES string of the molecule is C=CC(=O)NCCNc1ccccc1. The number of benzene rings is 1. The summed E-state index contributed by atoms with van der Waals surface area (Å²) in [7, 11) is 0. The third kappa shape index (κ3) is 3.76. The zero-order chi connectivity index (χ0) is 10.2. The van der Waals surface area contributed by atoms with E-state index in [0.29, 0.717) is 13.1 Å². The van der Waals surface area contributed by atoms with Gasteiger partial charge >= 0.3 is 0 Å². The molecule has 2 N–H and O–H groups in total. The topological polar surface area (TPSA) is 41.1 Å². The number of amides is 1. The first-order valence-electron chi connectivity index (χ1n) is 4.52. The van der Waals surface area contributed by atoms with Gasteiger partial charge in [-0.15, -0.1) is 0 Å². The lowest BCUT2D eigenvalue weighted by molar-refractivity contribution is -0.116. The molecule has 0 aliphatic carbocycles. The van der Waals surface area contributed by atoms with Gasteiger partial charge in [-0.05, 0) is 18.2 Å². The van der Waals surface area contributed by atoms with Crippen molar-refractivity contribution < 1.29 is 4.79 Å². The molecule has 0 unspecified atom stereocenters. The number of hydrogen-bond acceptors (Lipinski definition) is 2. The zero-order valence-corrected chi connectivity index (χ0v) is 7.99. The molecular formula is C11H14N2O. The van der Waals surface area contributed by atoms with Crippen LogP contribution in [-0.2, 0) is 4.79 Å². The number of para-hydroxylation sites is 1.